The molecule has 2 fully saturated rings. The third kappa shape index (κ3) is 3.50. The third-order valence-electron chi connectivity index (χ3n) is 4.09. The van der Waals surface area contributed by atoms with Crippen molar-refractivity contribution in [2.45, 2.75) is 25.7 Å². The van der Waals surface area contributed by atoms with Crippen molar-refractivity contribution < 1.29 is 9.53 Å². The first-order chi connectivity index (χ1) is 10.1. The van der Waals surface area contributed by atoms with Crippen molar-refractivity contribution in [1.29, 1.82) is 0 Å². The first kappa shape index (κ1) is 14.7. The zero-order valence-corrected chi connectivity index (χ0v) is 13.0. The van der Waals surface area contributed by atoms with Gasteiger partial charge in [-0.2, -0.15) is 5.10 Å². The number of nitrogens with zero attached hydrogens (tertiary/aromatic N) is 1. The minimum Gasteiger partial charge on any atom is -0.482 e. The molecule has 1 aromatic carbocycles. The molecular formula is C15H16Cl2N2O2. The Morgan fingerprint density at radius 2 is 2.24 bits per heavy atom. The summed E-state index contributed by atoms with van der Waals surface area (Å²) in [5.41, 5.74) is 3.69. The zero-order chi connectivity index (χ0) is 14.8. The molecule has 6 heteroatoms. The van der Waals surface area contributed by atoms with Gasteiger partial charge in [0.1, 0.15) is 5.75 Å². The van der Waals surface area contributed by atoms with Crippen LogP contribution in [0, 0.1) is 11.8 Å². The number of hydrazone groups is 1. The van der Waals surface area contributed by atoms with Gasteiger partial charge in [-0.3, -0.25) is 4.79 Å². The maximum absolute atomic E-state index is 11.7. The highest BCUT2D eigenvalue weighted by Gasteiger charge is 2.36. The number of hydrogen-bond acceptors (Lipinski definition) is 3. The molecule has 2 atom stereocenters. The fourth-order valence-corrected chi connectivity index (χ4v) is 3.53. The van der Waals surface area contributed by atoms with Crippen LogP contribution >= 0.6 is 23.2 Å². The Hall–Kier alpha value is -1.26. The lowest BCUT2D eigenvalue weighted by atomic mass is 9.99. The summed E-state index contributed by atoms with van der Waals surface area (Å²) in [6, 6.07) is 4.88. The molecule has 4 nitrogen and oxygen atoms in total. The van der Waals surface area contributed by atoms with E-state index in [0.717, 1.165) is 18.1 Å². The van der Waals surface area contributed by atoms with Crippen LogP contribution in [0.15, 0.2) is 23.3 Å². The second kappa shape index (κ2) is 6.24. The molecule has 2 bridgehead atoms. The Balaban J connectivity index is 1.49. The molecule has 1 amide bonds. The van der Waals surface area contributed by atoms with Crippen LogP contribution in [0.5, 0.6) is 5.75 Å². The molecule has 1 aromatic rings. The Labute approximate surface area is 133 Å². The number of rotatable bonds is 4. The number of ether oxygens (including phenoxy) is 1. The van der Waals surface area contributed by atoms with E-state index in [-0.39, 0.29) is 12.5 Å². The van der Waals surface area contributed by atoms with Gasteiger partial charge in [-0.25, -0.2) is 5.43 Å². The van der Waals surface area contributed by atoms with E-state index >= 15 is 0 Å². The molecule has 112 valence electrons. The van der Waals surface area contributed by atoms with E-state index < -0.39 is 0 Å². The normalized spacial score (nSPS) is 25.3. The van der Waals surface area contributed by atoms with Crippen molar-refractivity contribution in [1.82, 2.24) is 5.43 Å². The fourth-order valence-electron chi connectivity index (χ4n) is 3.06. The molecule has 2 unspecified atom stereocenters. The summed E-state index contributed by atoms with van der Waals surface area (Å²) in [5.74, 6) is 1.50. The van der Waals surface area contributed by atoms with E-state index in [1.165, 1.54) is 19.3 Å². The monoisotopic (exact) mass is 326 g/mol. The highest BCUT2D eigenvalue weighted by atomic mass is 35.5. The predicted octanol–water partition coefficient (Wildman–Crippen LogP) is 3.66. The van der Waals surface area contributed by atoms with Crippen LogP contribution in [0.3, 0.4) is 0 Å². The second-order valence-corrected chi connectivity index (χ2v) is 6.43. The van der Waals surface area contributed by atoms with Gasteiger partial charge >= 0.3 is 0 Å². The number of fused-ring (bicyclic) bond motifs is 2. The topological polar surface area (TPSA) is 50.7 Å². The van der Waals surface area contributed by atoms with Crippen molar-refractivity contribution in [2.75, 3.05) is 6.61 Å². The molecule has 3 rings (SSSR count). The van der Waals surface area contributed by atoms with E-state index in [1.54, 1.807) is 18.2 Å². The van der Waals surface area contributed by atoms with Gasteiger partial charge in [-0.05, 0) is 55.7 Å². The largest absolute Gasteiger partial charge is 0.482 e. The van der Waals surface area contributed by atoms with Gasteiger partial charge < -0.3 is 4.74 Å². The summed E-state index contributed by atoms with van der Waals surface area (Å²) < 4.78 is 5.36. The summed E-state index contributed by atoms with van der Waals surface area (Å²) in [6.07, 6.45) is 4.76. The first-order valence-corrected chi connectivity index (χ1v) is 7.80. The average molecular weight is 327 g/mol. The minimum absolute atomic E-state index is 0.119. The van der Waals surface area contributed by atoms with E-state index in [1.807, 2.05) is 0 Å². The lowest BCUT2D eigenvalue weighted by Gasteiger charge is -2.12. The standard InChI is InChI=1S/C15H16Cl2N2O2/c16-11-3-4-14(12(17)7-11)21-8-15(20)19-18-13-6-9-1-2-10(13)5-9/h3-4,7,9-10H,1-2,5-6,8H2,(H,19,20). The molecule has 2 saturated carbocycles. The number of benzene rings is 1. The molecular weight excluding hydrogens is 311 g/mol. The number of carbonyl (C=O) groups is 1. The van der Waals surface area contributed by atoms with E-state index in [0.29, 0.717) is 21.7 Å². The van der Waals surface area contributed by atoms with Gasteiger partial charge in [0, 0.05) is 10.7 Å². The van der Waals surface area contributed by atoms with E-state index in [9.17, 15) is 4.79 Å². The predicted molar refractivity (Wildman–Crippen MR) is 83.0 cm³/mol. The molecule has 1 N–H and O–H groups in total. The Bertz CT molecular complexity index is 589. The first-order valence-electron chi connectivity index (χ1n) is 7.05. The summed E-state index contributed by atoms with van der Waals surface area (Å²) in [4.78, 5) is 11.7. The molecule has 0 saturated heterocycles. The molecule has 0 heterocycles. The molecule has 0 radical (unpaired) electrons. The van der Waals surface area contributed by atoms with Gasteiger partial charge in [-0.1, -0.05) is 23.2 Å². The summed E-state index contributed by atoms with van der Waals surface area (Å²) in [5, 5.41) is 5.15. The van der Waals surface area contributed by atoms with Crippen molar-refractivity contribution in [2.24, 2.45) is 16.9 Å². The maximum atomic E-state index is 11.7. The lowest BCUT2D eigenvalue weighted by Crippen LogP contribution is -2.27. The van der Waals surface area contributed by atoms with E-state index in [2.05, 4.69) is 10.5 Å². The number of carbonyl (C=O) groups excluding carboxylic acids is 1. The summed E-state index contributed by atoms with van der Waals surface area (Å²) in [7, 11) is 0. The summed E-state index contributed by atoms with van der Waals surface area (Å²) in [6.45, 7) is -0.119. The van der Waals surface area contributed by atoms with Crippen LogP contribution in [0.1, 0.15) is 25.7 Å². The zero-order valence-electron chi connectivity index (χ0n) is 11.4. The van der Waals surface area contributed by atoms with Gasteiger partial charge in [0.05, 0.1) is 5.02 Å². The smallest absolute Gasteiger partial charge is 0.277 e. The van der Waals surface area contributed by atoms with Gasteiger partial charge in [0.25, 0.3) is 5.91 Å². The van der Waals surface area contributed by atoms with Gasteiger partial charge in [-0.15, -0.1) is 0 Å². The Morgan fingerprint density at radius 1 is 1.38 bits per heavy atom. The molecule has 2 aliphatic rings. The maximum Gasteiger partial charge on any atom is 0.277 e. The van der Waals surface area contributed by atoms with Crippen LogP contribution < -0.4 is 10.2 Å². The van der Waals surface area contributed by atoms with Crippen LogP contribution in [0.25, 0.3) is 0 Å². The highest BCUT2D eigenvalue weighted by molar-refractivity contribution is 6.35. The van der Waals surface area contributed by atoms with Crippen molar-refractivity contribution in [3.05, 3.63) is 28.2 Å². The number of amides is 1. The SMILES string of the molecule is O=C(COc1ccc(Cl)cc1Cl)NN=C1CC2CCC1C2. The minimum atomic E-state index is -0.281. The molecule has 0 aliphatic heterocycles. The highest BCUT2D eigenvalue weighted by Crippen LogP contribution is 2.42. The van der Waals surface area contributed by atoms with Crippen LogP contribution in [-0.2, 0) is 4.79 Å². The van der Waals surface area contributed by atoms with E-state index in [4.69, 9.17) is 27.9 Å². The quantitative estimate of drug-likeness (QED) is 0.858. The molecule has 2 aliphatic carbocycles. The molecule has 0 spiro atoms. The summed E-state index contributed by atoms with van der Waals surface area (Å²) >= 11 is 11.8. The van der Waals surface area contributed by atoms with Crippen molar-refractivity contribution in [3.8, 4) is 5.75 Å². The van der Waals surface area contributed by atoms with Crippen LogP contribution in [0.2, 0.25) is 10.0 Å². The number of hydrogen-bond donors (Lipinski definition) is 1. The fraction of sp³-hybridized carbons (Fsp3) is 0.467. The molecule has 21 heavy (non-hydrogen) atoms. The molecule has 0 aromatic heterocycles. The third-order valence-corrected chi connectivity index (χ3v) is 4.62. The van der Waals surface area contributed by atoms with Crippen molar-refractivity contribution in [3.63, 3.8) is 0 Å². The number of halogens is 2. The lowest BCUT2D eigenvalue weighted by molar-refractivity contribution is -0.123. The Kier molecular flexibility index (Phi) is 4.36. The van der Waals surface area contributed by atoms with Crippen LogP contribution in [0.4, 0.5) is 0 Å². The number of nitrogens with one attached hydrogen (secondary N) is 1. The second-order valence-electron chi connectivity index (χ2n) is 5.58. The Morgan fingerprint density at radius 3 is 2.90 bits per heavy atom. The van der Waals surface area contributed by atoms with Gasteiger partial charge in [0.2, 0.25) is 0 Å². The van der Waals surface area contributed by atoms with Crippen molar-refractivity contribution >= 4 is 34.8 Å². The average Bonchev–Trinajstić information content (AvgIpc) is 3.06. The van der Waals surface area contributed by atoms with Gasteiger partial charge in [0.15, 0.2) is 6.61 Å². The van der Waals surface area contributed by atoms with Crippen LogP contribution in [-0.4, -0.2) is 18.2 Å².